The van der Waals surface area contributed by atoms with Crippen LogP contribution in [0, 0.1) is 13.8 Å². The average Bonchev–Trinajstić information content (AvgIpc) is 3.00. The van der Waals surface area contributed by atoms with Gasteiger partial charge in [-0.1, -0.05) is 12.1 Å². The molecule has 0 aliphatic heterocycles. The summed E-state index contributed by atoms with van der Waals surface area (Å²) >= 11 is 0. The Kier molecular flexibility index (Phi) is 2.86. The summed E-state index contributed by atoms with van der Waals surface area (Å²) in [6.07, 6.45) is 2.09. The lowest BCUT2D eigenvalue weighted by Crippen LogP contribution is -2.16. The van der Waals surface area contributed by atoms with Crippen molar-refractivity contribution in [2.45, 2.75) is 38.5 Å². The Morgan fingerprint density at radius 1 is 1.35 bits per heavy atom. The van der Waals surface area contributed by atoms with Gasteiger partial charge in [0.05, 0.1) is 13.5 Å². The third-order valence-electron chi connectivity index (χ3n) is 3.64. The van der Waals surface area contributed by atoms with E-state index in [0.717, 1.165) is 35.3 Å². The average molecular weight is 234 g/mol. The van der Waals surface area contributed by atoms with Crippen LogP contribution in [0.15, 0.2) is 12.1 Å². The van der Waals surface area contributed by atoms with Crippen molar-refractivity contribution in [1.29, 1.82) is 0 Å². The molecular formula is C14H18O3. The van der Waals surface area contributed by atoms with E-state index >= 15 is 0 Å². The highest BCUT2D eigenvalue weighted by Crippen LogP contribution is 2.55. The summed E-state index contributed by atoms with van der Waals surface area (Å²) in [6.45, 7) is 4.03. The van der Waals surface area contributed by atoms with Crippen molar-refractivity contribution in [3.8, 4) is 5.75 Å². The molecule has 0 spiro atoms. The first-order valence-electron chi connectivity index (χ1n) is 5.87. The topological polar surface area (TPSA) is 46.5 Å². The van der Waals surface area contributed by atoms with Crippen molar-refractivity contribution in [1.82, 2.24) is 0 Å². The predicted molar refractivity (Wildman–Crippen MR) is 65.6 cm³/mol. The Morgan fingerprint density at radius 3 is 2.41 bits per heavy atom. The Balaban J connectivity index is 2.51. The second-order valence-corrected chi connectivity index (χ2v) is 4.96. The van der Waals surface area contributed by atoms with E-state index in [1.165, 1.54) is 0 Å². The van der Waals surface area contributed by atoms with Crippen LogP contribution in [0.2, 0.25) is 0 Å². The number of benzene rings is 1. The molecule has 92 valence electrons. The first-order chi connectivity index (χ1) is 8.00. The molecule has 0 radical (unpaired) electrons. The normalized spacial score (nSPS) is 16.6. The fourth-order valence-corrected chi connectivity index (χ4v) is 2.66. The molecular weight excluding hydrogens is 216 g/mol. The summed E-state index contributed by atoms with van der Waals surface area (Å²) in [7, 11) is 1.65. The maximum absolute atomic E-state index is 11.0. The van der Waals surface area contributed by atoms with Gasteiger partial charge in [-0.15, -0.1) is 0 Å². The maximum atomic E-state index is 11.0. The second kappa shape index (κ2) is 4.06. The zero-order chi connectivity index (χ0) is 12.6. The van der Waals surface area contributed by atoms with Crippen LogP contribution in [0.1, 0.15) is 36.0 Å². The van der Waals surface area contributed by atoms with E-state index in [1.807, 2.05) is 19.9 Å². The van der Waals surface area contributed by atoms with Crippen LogP contribution in [-0.4, -0.2) is 18.2 Å². The third-order valence-corrected chi connectivity index (χ3v) is 3.64. The van der Waals surface area contributed by atoms with Gasteiger partial charge >= 0.3 is 5.97 Å². The summed E-state index contributed by atoms with van der Waals surface area (Å²) in [5, 5.41) is 9.03. The molecule has 0 heterocycles. The van der Waals surface area contributed by atoms with Crippen molar-refractivity contribution in [3.63, 3.8) is 0 Å². The number of rotatable bonds is 4. The molecule has 0 unspecified atom stereocenters. The summed E-state index contributed by atoms with van der Waals surface area (Å²) in [5.74, 6) is 0.134. The molecule has 0 amide bonds. The molecule has 1 aromatic rings. The quantitative estimate of drug-likeness (QED) is 0.871. The zero-order valence-corrected chi connectivity index (χ0v) is 10.5. The van der Waals surface area contributed by atoms with E-state index in [4.69, 9.17) is 9.84 Å². The number of ether oxygens (including phenoxy) is 1. The van der Waals surface area contributed by atoms with Crippen LogP contribution in [0.25, 0.3) is 0 Å². The van der Waals surface area contributed by atoms with E-state index in [-0.39, 0.29) is 11.8 Å². The van der Waals surface area contributed by atoms with Crippen LogP contribution in [0.4, 0.5) is 0 Å². The summed E-state index contributed by atoms with van der Waals surface area (Å²) in [5.41, 5.74) is 3.12. The molecule has 1 aliphatic rings. The highest BCUT2D eigenvalue weighted by molar-refractivity contribution is 5.71. The van der Waals surface area contributed by atoms with Gasteiger partial charge in [0, 0.05) is 11.0 Å². The first kappa shape index (κ1) is 12.0. The Morgan fingerprint density at radius 2 is 1.94 bits per heavy atom. The number of aliphatic carboxylic acids is 1. The molecule has 0 saturated heterocycles. The molecule has 0 atom stereocenters. The Labute approximate surface area is 101 Å². The smallest absolute Gasteiger partial charge is 0.304 e. The van der Waals surface area contributed by atoms with Crippen molar-refractivity contribution < 1.29 is 14.6 Å². The fourth-order valence-electron chi connectivity index (χ4n) is 2.66. The Hall–Kier alpha value is -1.51. The van der Waals surface area contributed by atoms with Gasteiger partial charge in [-0.25, -0.2) is 0 Å². The third kappa shape index (κ3) is 2.02. The molecule has 3 heteroatoms. The second-order valence-electron chi connectivity index (χ2n) is 4.96. The number of aryl methyl sites for hydroxylation is 2. The van der Waals surface area contributed by atoms with Crippen molar-refractivity contribution in [3.05, 3.63) is 28.8 Å². The lowest BCUT2D eigenvalue weighted by Gasteiger charge is -2.21. The van der Waals surface area contributed by atoms with Gasteiger partial charge in [0.1, 0.15) is 5.75 Å². The van der Waals surface area contributed by atoms with Crippen molar-refractivity contribution >= 4 is 5.97 Å². The fraction of sp³-hybridized carbons (Fsp3) is 0.500. The molecule has 1 N–H and O–H groups in total. The van der Waals surface area contributed by atoms with Gasteiger partial charge in [0.15, 0.2) is 0 Å². The minimum Gasteiger partial charge on any atom is -0.496 e. The number of hydrogen-bond acceptors (Lipinski definition) is 2. The highest BCUT2D eigenvalue weighted by Gasteiger charge is 2.48. The van der Waals surface area contributed by atoms with Gasteiger partial charge in [-0.05, 0) is 37.8 Å². The largest absolute Gasteiger partial charge is 0.496 e. The first-order valence-corrected chi connectivity index (χ1v) is 5.87. The van der Waals surface area contributed by atoms with E-state index in [2.05, 4.69) is 6.07 Å². The highest BCUT2D eigenvalue weighted by atomic mass is 16.5. The maximum Gasteiger partial charge on any atom is 0.304 e. The van der Waals surface area contributed by atoms with Crippen LogP contribution >= 0.6 is 0 Å². The molecule has 0 aromatic heterocycles. The van der Waals surface area contributed by atoms with Gasteiger partial charge in [-0.3, -0.25) is 4.79 Å². The van der Waals surface area contributed by atoms with Gasteiger partial charge in [0.25, 0.3) is 0 Å². The van der Waals surface area contributed by atoms with Crippen LogP contribution in [-0.2, 0) is 10.2 Å². The van der Waals surface area contributed by atoms with E-state index in [0.29, 0.717) is 0 Å². The summed E-state index contributed by atoms with van der Waals surface area (Å²) < 4.78 is 5.47. The molecule has 1 saturated carbocycles. The van der Waals surface area contributed by atoms with Crippen LogP contribution in [0.3, 0.4) is 0 Å². The van der Waals surface area contributed by atoms with E-state index in [1.54, 1.807) is 7.11 Å². The molecule has 17 heavy (non-hydrogen) atoms. The lowest BCUT2D eigenvalue weighted by molar-refractivity contribution is -0.137. The summed E-state index contributed by atoms with van der Waals surface area (Å²) in [4.78, 5) is 11.0. The number of carbonyl (C=O) groups is 1. The molecule has 2 rings (SSSR count). The number of hydrogen-bond donors (Lipinski definition) is 1. The van der Waals surface area contributed by atoms with E-state index < -0.39 is 5.97 Å². The zero-order valence-electron chi connectivity index (χ0n) is 10.5. The SMILES string of the molecule is COc1c(C)ccc(C)c1C1(CC(=O)O)CC1. The molecule has 1 aliphatic carbocycles. The van der Waals surface area contributed by atoms with Gasteiger partial charge in [-0.2, -0.15) is 0 Å². The molecule has 1 aromatic carbocycles. The van der Waals surface area contributed by atoms with Crippen molar-refractivity contribution in [2.24, 2.45) is 0 Å². The van der Waals surface area contributed by atoms with Gasteiger partial charge < -0.3 is 9.84 Å². The standard InChI is InChI=1S/C14H18O3/c1-9-4-5-10(2)13(17-3)12(9)14(6-7-14)8-11(15)16/h4-5H,6-8H2,1-3H3,(H,15,16). The number of methoxy groups -OCH3 is 1. The lowest BCUT2D eigenvalue weighted by atomic mass is 9.87. The monoisotopic (exact) mass is 234 g/mol. The van der Waals surface area contributed by atoms with E-state index in [9.17, 15) is 4.79 Å². The molecule has 1 fully saturated rings. The van der Waals surface area contributed by atoms with Gasteiger partial charge in [0.2, 0.25) is 0 Å². The molecule has 3 nitrogen and oxygen atoms in total. The minimum absolute atomic E-state index is 0.187. The Bertz CT molecular complexity index is 459. The van der Waals surface area contributed by atoms with Crippen LogP contribution in [0.5, 0.6) is 5.75 Å². The summed E-state index contributed by atoms with van der Waals surface area (Å²) in [6, 6.07) is 4.07. The minimum atomic E-state index is -0.731. The predicted octanol–water partition coefficient (Wildman–Crippen LogP) is 2.82. The number of carboxylic acid groups (broad SMARTS) is 1. The molecule has 0 bridgehead atoms. The van der Waals surface area contributed by atoms with Crippen LogP contribution < -0.4 is 4.74 Å². The van der Waals surface area contributed by atoms with Crippen molar-refractivity contribution in [2.75, 3.05) is 7.11 Å². The number of carboxylic acids is 1.